The van der Waals surface area contributed by atoms with Gasteiger partial charge in [0.25, 0.3) is 5.91 Å². The van der Waals surface area contributed by atoms with E-state index < -0.39 is 0 Å². The molecule has 0 bridgehead atoms. The van der Waals surface area contributed by atoms with Crippen molar-refractivity contribution in [1.29, 1.82) is 0 Å². The van der Waals surface area contributed by atoms with Gasteiger partial charge in [0, 0.05) is 50.5 Å². The smallest absolute Gasteiger partial charge is 0.320 e. The van der Waals surface area contributed by atoms with E-state index in [1.165, 1.54) is 5.56 Å². The Morgan fingerprint density at radius 2 is 1.81 bits per heavy atom. The van der Waals surface area contributed by atoms with Crippen LogP contribution in [-0.2, 0) is 22.5 Å². The van der Waals surface area contributed by atoms with Crippen LogP contribution in [0.5, 0.6) is 0 Å². The highest BCUT2D eigenvalue weighted by atomic mass is 16.5. The number of benzene rings is 2. The highest BCUT2D eigenvalue weighted by molar-refractivity contribution is 6.04. The van der Waals surface area contributed by atoms with Gasteiger partial charge >= 0.3 is 5.97 Å². The van der Waals surface area contributed by atoms with E-state index in [2.05, 4.69) is 39.2 Å². The molecule has 0 atom stereocenters. The molecule has 1 N–H and O–H groups in total. The molecule has 0 spiro atoms. The van der Waals surface area contributed by atoms with Crippen molar-refractivity contribution in [3.05, 3.63) is 64.7 Å². The Hall–Kier alpha value is -3.23. The van der Waals surface area contributed by atoms with Gasteiger partial charge in [0.05, 0.1) is 19.4 Å². The van der Waals surface area contributed by atoms with Crippen LogP contribution in [-0.4, -0.2) is 85.8 Å². The van der Waals surface area contributed by atoms with Crippen LogP contribution in [0.15, 0.2) is 47.6 Å². The number of carbonyl (C=O) groups excluding carboxylic acids is 2. The number of hydrazone groups is 1. The molecule has 8 heteroatoms. The van der Waals surface area contributed by atoms with Gasteiger partial charge in [-0.25, -0.2) is 0 Å². The van der Waals surface area contributed by atoms with E-state index in [0.29, 0.717) is 18.7 Å². The molecule has 192 valence electrons. The third kappa shape index (κ3) is 7.38. The van der Waals surface area contributed by atoms with Gasteiger partial charge in [-0.1, -0.05) is 31.5 Å². The Bertz CT molecular complexity index is 1060. The van der Waals surface area contributed by atoms with E-state index in [0.717, 1.165) is 68.8 Å². The number of piperazine rings is 1. The van der Waals surface area contributed by atoms with E-state index in [4.69, 9.17) is 4.74 Å². The summed E-state index contributed by atoms with van der Waals surface area (Å²) in [6.45, 7) is 8.20. The summed E-state index contributed by atoms with van der Waals surface area (Å²) in [5.41, 5.74) is 4.67. The Kier molecular flexibility index (Phi) is 9.08. The monoisotopic (exact) mass is 491 g/mol. The Balaban J connectivity index is 1.30. The number of fused-ring (bicyclic) bond motifs is 1. The second-order valence-electron chi connectivity index (χ2n) is 9.60. The van der Waals surface area contributed by atoms with Gasteiger partial charge in [-0.05, 0) is 60.8 Å². The lowest BCUT2D eigenvalue weighted by atomic mass is 9.97. The molecule has 0 aliphatic carbocycles. The molecule has 2 heterocycles. The van der Waals surface area contributed by atoms with Gasteiger partial charge in [-0.2, -0.15) is 5.10 Å². The molecule has 0 radical (unpaired) electrons. The summed E-state index contributed by atoms with van der Waals surface area (Å²) < 4.78 is 5.30. The minimum atomic E-state index is -0.183. The second-order valence-corrected chi connectivity index (χ2v) is 9.60. The number of carbonyl (C=O) groups is 2. The van der Waals surface area contributed by atoms with Gasteiger partial charge in [0.2, 0.25) is 0 Å². The fourth-order valence-electron chi connectivity index (χ4n) is 4.37. The first kappa shape index (κ1) is 25.9. The first-order valence-electron chi connectivity index (χ1n) is 12.9. The number of likely N-dealkylation sites (N-methyl/N-ethyl adjacent to an activating group) is 1. The summed E-state index contributed by atoms with van der Waals surface area (Å²) >= 11 is 0. The molecule has 1 fully saturated rings. The molecule has 2 aromatic rings. The second kappa shape index (κ2) is 12.6. The van der Waals surface area contributed by atoms with E-state index in [9.17, 15) is 9.59 Å². The lowest BCUT2D eigenvalue weighted by Gasteiger charge is -2.30. The number of amides is 1. The van der Waals surface area contributed by atoms with Crippen LogP contribution in [0, 0.1) is 0 Å². The van der Waals surface area contributed by atoms with Crippen LogP contribution in [0.1, 0.15) is 46.8 Å². The number of unbranched alkanes of at least 4 members (excludes halogenated alkanes) is 1. The zero-order valence-corrected chi connectivity index (χ0v) is 21.4. The number of esters is 1. The Morgan fingerprint density at radius 1 is 1.03 bits per heavy atom. The van der Waals surface area contributed by atoms with Gasteiger partial charge in [0.1, 0.15) is 0 Å². The fraction of sp³-hybridized carbons (Fsp3) is 0.464. The molecule has 1 saturated heterocycles. The Morgan fingerprint density at radius 3 is 2.56 bits per heavy atom. The van der Waals surface area contributed by atoms with Crippen LogP contribution in [0.25, 0.3) is 0 Å². The summed E-state index contributed by atoms with van der Waals surface area (Å²) in [5, 5.41) is 9.64. The summed E-state index contributed by atoms with van der Waals surface area (Å²) in [6.07, 6.45) is 4.62. The fourth-order valence-corrected chi connectivity index (χ4v) is 4.37. The van der Waals surface area contributed by atoms with Crippen molar-refractivity contribution in [2.24, 2.45) is 5.10 Å². The predicted octanol–water partition coefficient (Wildman–Crippen LogP) is 3.22. The molecule has 0 unspecified atom stereocenters. The number of anilines is 1. The first-order chi connectivity index (χ1) is 17.5. The molecular formula is C28H37N5O3. The van der Waals surface area contributed by atoms with Crippen molar-refractivity contribution < 1.29 is 14.3 Å². The zero-order valence-electron chi connectivity index (χ0n) is 21.4. The van der Waals surface area contributed by atoms with Crippen LogP contribution >= 0.6 is 0 Å². The maximum atomic E-state index is 12.9. The minimum absolute atomic E-state index is 0.146. The van der Waals surface area contributed by atoms with Crippen molar-refractivity contribution in [3.8, 4) is 0 Å². The number of nitrogens with one attached hydrogen (secondary N) is 1. The maximum Gasteiger partial charge on any atom is 0.320 e. The van der Waals surface area contributed by atoms with Gasteiger partial charge in [-0.3, -0.25) is 19.5 Å². The molecule has 2 aliphatic rings. The number of ether oxygens (including phenoxy) is 1. The largest absolute Gasteiger partial charge is 0.465 e. The van der Waals surface area contributed by atoms with Crippen LogP contribution in [0.3, 0.4) is 0 Å². The van der Waals surface area contributed by atoms with Crippen molar-refractivity contribution >= 4 is 23.8 Å². The van der Waals surface area contributed by atoms with E-state index in [1.54, 1.807) is 0 Å². The highest BCUT2D eigenvalue weighted by Gasteiger charge is 2.20. The number of nitrogens with zero attached hydrogens (tertiary/aromatic N) is 4. The van der Waals surface area contributed by atoms with E-state index >= 15 is 0 Å². The average molecular weight is 492 g/mol. The number of hydrogen-bond donors (Lipinski definition) is 1. The highest BCUT2D eigenvalue weighted by Crippen LogP contribution is 2.21. The molecule has 2 aliphatic heterocycles. The summed E-state index contributed by atoms with van der Waals surface area (Å²) in [6, 6.07) is 13.6. The first-order valence-corrected chi connectivity index (χ1v) is 12.9. The average Bonchev–Trinajstić information content (AvgIpc) is 2.89. The standard InChI is InChI=1S/C28H37N5O3/c1-3-4-17-36-27(34)21-32-12-11-23-7-8-24(18-25(23)20-32)28(35)30-26-9-5-22(6-10-26)19-29-33-15-13-31(2)14-16-33/h5-10,18-19H,3-4,11-17,20-21H2,1-2H3,(H,30,35). The molecule has 2 aromatic carbocycles. The van der Waals surface area contributed by atoms with Crippen molar-refractivity contribution in [3.63, 3.8) is 0 Å². The molecule has 8 nitrogen and oxygen atoms in total. The van der Waals surface area contributed by atoms with E-state index in [1.807, 2.05) is 48.7 Å². The SMILES string of the molecule is CCCCOC(=O)CN1CCc2ccc(C(=O)Nc3ccc(C=NN4CCN(C)CC4)cc3)cc2C1. The van der Waals surface area contributed by atoms with Crippen molar-refractivity contribution in [2.45, 2.75) is 32.7 Å². The molecule has 4 rings (SSSR count). The van der Waals surface area contributed by atoms with Crippen LogP contribution in [0.2, 0.25) is 0 Å². The van der Waals surface area contributed by atoms with E-state index in [-0.39, 0.29) is 18.4 Å². The third-order valence-corrected chi connectivity index (χ3v) is 6.69. The number of hydrogen-bond acceptors (Lipinski definition) is 7. The summed E-state index contributed by atoms with van der Waals surface area (Å²) in [7, 11) is 2.13. The zero-order chi connectivity index (χ0) is 25.3. The van der Waals surface area contributed by atoms with Crippen LogP contribution in [0.4, 0.5) is 5.69 Å². The lowest BCUT2D eigenvalue weighted by molar-refractivity contribution is -0.145. The quantitative estimate of drug-likeness (QED) is 0.330. The molecule has 36 heavy (non-hydrogen) atoms. The topological polar surface area (TPSA) is 77.5 Å². The number of rotatable bonds is 9. The van der Waals surface area contributed by atoms with Crippen molar-refractivity contribution in [2.75, 3.05) is 58.2 Å². The molecule has 0 aromatic heterocycles. The Labute approximate surface area is 213 Å². The molecular weight excluding hydrogens is 454 g/mol. The van der Waals surface area contributed by atoms with Crippen LogP contribution < -0.4 is 5.32 Å². The lowest BCUT2D eigenvalue weighted by Crippen LogP contribution is -2.41. The summed E-state index contributed by atoms with van der Waals surface area (Å²) in [5.74, 6) is -0.328. The van der Waals surface area contributed by atoms with Gasteiger partial charge < -0.3 is 15.0 Å². The van der Waals surface area contributed by atoms with Crippen molar-refractivity contribution in [1.82, 2.24) is 14.8 Å². The third-order valence-electron chi connectivity index (χ3n) is 6.69. The van der Waals surface area contributed by atoms with Gasteiger partial charge in [0.15, 0.2) is 0 Å². The normalized spacial score (nSPS) is 16.7. The predicted molar refractivity (Wildman–Crippen MR) is 142 cm³/mol. The minimum Gasteiger partial charge on any atom is -0.465 e. The van der Waals surface area contributed by atoms with Gasteiger partial charge in [-0.15, -0.1) is 0 Å². The molecule has 0 saturated carbocycles. The maximum absolute atomic E-state index is 12.9. The molecule has 1 amide bonds. The summed E-state index contributed by atoms with van der Waals surface area (Å²) in [4.78, 5) is 29.4.